The lowest BCUT2D eigenvalue weighted by Gasteiger charge is -2.27. The molecule has 7 heteroatoms. The highest BCUT2D eigenvalue weighted by molar-refractivity contribution is 7.96. The van der Waals surface area contributed by atoms with Crippen molar-refractivity contribution in [1.29, 1.82) is 0 Å². The van der Waals surface area contributed by atoms with Gasteiger partial charge in [0.2, 0.25) is 5.91 Å². The Morgan fingerprint density at radius 3 is 2.48 bits per heavy atom. The molecule has 1 heterocycles. The van der Waals surface area contributed by atoms with Crippen LogP contribution in [-0.2, 0) is 16.1 Å². The fraction of sp³-hybridized carbons (Fsp3) is 0.500. The van der Waals surface area contributed by atoms with Gasteiger partial charge < -0.3 is 14.5 Å². The molecule has 1 saturated heterocycles. The molecular formula is C16H21ClN2O3S. The summed E-state index contributed by atoms with van der Waals surface area (Å²) in [5, 5.41) is 0.368. The van der Waals surface area contributed by atoms with E-state index >= 15 is 0 Å². The lowest BCUT2D eigenvalue weighted by atomic mass is 10.2. The Morgan fingerprint density at radius 1 is 1.22 bits per heavy atom. The Bertz CT molecular complexity index is 533. The van der Waals surface area contributed by atoms with Crippen molar-refractivity contribution in [2.45, 2.75) is 19.4 Å². The van der Waals surface area contributed by atoms with Crippen molar-refractivity contribution in [1.82, 2.24) is 9.80 Å². The van der Waals surface area contributed by atoms with Gasteiger partial charge in [-0.2, -0.15) is 0 Å². The third-order valence-electron chi connectivity index (χ3n) is 3.74. The molecule has 1 aliphatic rings. The monoisotopic (exact) mass is 356 g/mol. The highest BCUT2D eigenvalue weighted by atomic mass is 35.5. The molecule has 1 aromatic rings. The van der Waals surface area contributed by atoms with Gasteiger partial charge in [-0.05, 0) is 24.1 Å². The summed E-state index contributed by atoms with van der Waals surface area (Å²) >= 11 is 9.78. The minimum atomic E-state index is -0.293. The van der Waals surface area contributed by atoms with Gasteiger partial charge in [-0.3, -0.25) is 9.59 Å². The number of nitrogens with zero attached hydrogens (tertiary/aromatic N) is 2. The molecule has 1 aromatic carbocycles. The third-order valence-corrected chi connectivity index (χ3v) is 4.27. The van der Waals surface area contributed by atoms with Crippen molar-refractivity contribution in [2.75, 3.05) is 32.8 Å². The number of hydrogen-bond donors (Lipinski definition) is 1. The van der Waals surface area contributed by atoms with E-state index in [4.69, 9.17) is 16.3 Å². The fourth-order valence-corrected chi connectivity index (χ4v) is 2.74. The van der Waals surface area contributed by atoms with E-state index in [2.05, 4.69) is 12.6 Å². The number of morpholine rings is 1. The van der Waals surface area contributed by atoms with E-state index in [-0.39, 0.29) is 11.1 Å². The summed E-state index contributed by atoms with van der Waals surface area (Å²) < 4.78 is 5.23. The molecule has 5 nitrogen and oxygen atoms in total. The average Bonchev–Trinajstić information content (AvgIpc) is 2.56. The Balaban J connectivity index is 1.79. The molecule has 1 aliphatic heterocycles. The number of ether oxygens (including phenoxy) is 1. The van der Waals surface area contributed by atoms with Crippen LogP contribution >= 0.6 is 24.2 Å². The van der Waals surface area contributed by atoms with Crippen LogP contribution in [0.15, 0.2) is 24.3 Å². The minimum absolute atomic E-state index is 0.117. The van der Waals surface area contributed by atoms with Crippen LogP contribution in [0, 0.1) is 0 Å². The summed E-state index contributed by atoms with van der Waals surface area (Å²) in [5.74, 6) is 0.117. The van der Waals surface area contributed by atoms with Gasteiger partial charge in [0.1, 0.15) is 0 Å². The number of benzene rings is 1. The maximum absolute atomic E-state index is 12.1. The molecule has 1 fully saturated rings. The van der Waals surface area contributed by atoms with E-state index in [1.807, 2.05) is 17.0 Å². The molecule has 2 amide bonds. The average molecular weight is 357 g/mol. The first-order valence-electron chi connectivity index (χ1n) is 7.64. The van der Waals surface area contributed by atoms with Crippen LogP contribution in [0.25, 0.3) is 0 Å². The van der Waals surface area contributed by atoms with E-state index in [9.17, 15) is 9.59 Å². The number of halogens is 1. The third kappa shape index (κ3) is 6.05. The molecule has 0 atom stereocenters. The largest absolute Gasteiger partial charge is 0.378 e. The van der Waals surface area contributed by atoms with Gasteiger partial charge in [-0.1, -0.05) is 36.4 Å². The Labute approximate surface area is 146 Å². The predicted molar refractivity (Wildman–Crippen MR) is 92.9 cm³/mol. The quantitative estimate of drug-likeness (QED) is 0.797. The summed E-state index contributed by atoms with van der Waals surface area (Å²) in [4.78, 5) is 27.2. The molecule has 0 unspecified atom stereocenters. The first-order valence-corrected chi connectivity index (χ1v) is 8.46. The molecule has 0 bridgehead atoms. The van der Waals surface area contributed by atoms with Crippen LogP contribution in [0.1, 0.15) is 18.4 Å². The molecule has 0 spiro atoms. The number of carbonyl (C=O) groups is 2. The van der Waals surface area contributed by atoms with Crippen molar-refractivity contribution < 1.29 is 14.3 Å². The standard InChI is InChI=1S/C16H21ClN2O3S/c17-14-5-3-13(4-6-14)12-19(16(21)23)7-1-2-15(20)18-8-10-22-11-9-18/h3-6H,1-2,7-12H2,(H,21,23). The zero-order valence-corrected chi connectivity index (χ0v) is 14.6. The Hall–Kier alpha value is -1.24. The number of carbonyl (C=O) groups excluding carboxylic acids is 2. The first kappa shape index (κ1) is 18.1. The molecular weight excluding hydrogens is 336 g/mol. The van der Waals surface area contributed by atoms with E-state index in [1.165, 1.54) is 0 Å². The normalized spacial score (nSPS) is 14.6. The summed E-state index contributed by atoms with van der Waals surface area (Å²) in [6.45, 7) is 3.47. The second-order valence-corrected chi connectivity index (χ2v) is 6.25. The van der Waals surface area contributed by atoms with Crippen molar-refractivity contribution in [2.24, 2.45) is 0 Å². The molecule has 23 heavy (non-hydrogen) atoms. The summed E-state index contributed by atoms with van der Waals surface area (Å²) in [7, 11) is 0. The van der Waals surface area contributed by atoms with Crippen molar-refractivity contribution in [3.63, 3.8) is 0 Å². The van der Waals surface area contributed by atoms with E-state index < -0.39 is 0 Å². The van der Waals surface area contributed by atoms with E-state index in [1.54, 1.807) is 17.0 Å². The molecule has 0 N–H and O–H groups in total. The molecule has 0 saturated carbocycles. The van der Waals surface area contributed by atoms with Gasteiger partial charge in [-0.25, -0.2) is 0 Å². The maximum atomic E-state index is 12.1. The Morgan fingerprint density at radius 2 is 1.87 bits per heavy atom. The zero-order chi connectivity index (χ0) is 16.7. The first-order chi connectivity index (χ1) is 11.1. The molecule has 0 aliphatic carbocycles. The maximum Gasteiger partial charge on any atom is 0.278 e. The van der Waals surface area contributed by atoms with Crippen LogP contribution in [0.4, 0.5) is 4.79 Å². The molecule has 0 radical (unpaired) electrons. The van der Waals surface area contributed by atoms with Crippen LogP contribution in [0.5, 0.6) is 0 Å². The molecule has 126 valence electrons. The second kappa shape index (κ2) is 9.15. The lowest BCUT2D eigenvalue weighted by molar-refractivity contribution is -0.135. The van der Waals surface area contributed by atoms with Gasteiger partial charge in [-0.15, -0.1) is 0 Å². The second-order valence-electron chi connectivity index (χ2n) is 5.43. The fourth-order valence-electron chi connectivity index (χ4n) is 2.44. The van der Waals surface area contributed by atoms with E-state index in [0.29, 0.717) is 57.3 Å². The number of thiol groups is 1. The van der Waals surface area contributed by atoms with Crippen molar-refractivity contribution in [3.05, 3.63) is 34.9 Å². The minimum Gasteiger partial charge on any atom is -0.378 e. The molecule has 0 aromatic heterocycles. The number of hydrogen-bond acceptors (Lipinski definition) is 3. The van der Waals surface area contributed by atoms with Crippen LogP contribution in [-0.4, -0.2) is 53.8 Å². The van der Waals surface area contributed by atoms with Crippen molar-refractivity contribution >= 4 is 35.4 Å². The zero-order valence-electron chi connectivity index (χ0n) is 12.9. The topological polar surface area (TPSA) is 49.9 Å². The number of amides is 2. The van der Waals surface area contributed by atoms with Crippen LogP contribution in [0.2, 0.25) is 5.02 Å². The summed E-state index contributed by atoms with van der Waals surface area (Å²) in [5.41, 5.74) is 0.983. The summed E-state index contributed by atoms with van der Waals surface area (Å²) in [6.07, 6.45) is 1.05. The molecule has 2 rings (SSSR count). The van der Waals surface area contributed by atoms with Crippen molar-refractivity contribution in [3.8, 4) is 0 Å². The summed E-state index contributed by atoms with van der Waals surface area (Å²) in [6, 6.07) is 7.34. The highest BCUT2D eigenvalue weighted by Crippen LogP contribution is 2.13. The van der Waals surface area contributed by atoms with Crippen LogP contribution in [0.3, 0.4) is 0 Å². The van der Waals surface area contributed by atoms with E-state index in [0.717, 1.165) is 5.56 Å². The lowest BCUT2D eigenvalue weighted by Crippen LogP contribution is -2.40. The van der Waals surface area contributed by atoms with Gasteiger partial charge in [0.25, 0.3) is 5.24 Å². The predicted octanol–water partition coefficient (Wildman–Crippen LogP) is 2.83. The Kier molecular flexibility index (Phi) is 7.20. The SMILES string of the molecule is O=C(S)N(CCCC(=O)N1CCOCC1)Cc1ccc(Cl)cc1. The van der Waals surface area contributed by atoms with Gasteiger partial charge >= 0.3 is 0 Å². The van der Waals surface area contributed by atoms with Gasteiger partial charge in [0.15, 0.2) is 0 Å². The van der Waals surface area contributed by atoms with Gasteiger partial charge in [0.05, 0.1) is 13.2 Å². The number of rotatable bonds is 6. The smallest absolute Gasteiger partial charge is 0.278 e. The van der Waals surface area contributed by atoms with Crippen LogP contribution < -0.4 is 0 Å². The van der Waals surface area contributed by atoms with Gasteiger partial charge in [0, 0.05) is 37.6 Å². The highest BCUT2D eigenvalue weighted by Gasteiger charge is 2.17.